The number of carbonyl (C=O) groups is 1. The molecule has 15 heteroatoms. The number of pyridine rings is 1. The number of nitrogens with zero attached hydrogens (tertiary/aromatic N) is 1. The third kappa shape index (κ3) is 10.5. The molecule has 0 unspecified atom stereocenters. The van der Waals surface area contributed by atoms with Crippen LogP contribution >= 0.6 is 34.3 Å². The Morgan fingerprint density at radius 1 is 1.02 bits per heavy atom. The van der Waals surface area contributed by atoms with Gasteiger partial charge < -0.3 is 44.1 Å². The summed E-state index contributed by atoms with van der Waals surface area (Å²) in [6.07, 6.45) is 3.43. The molecule has 1 saturated carbocycles. The number of rotatable bonds is 18. The molecular formula is C45H58ClN3O8S2Si. The van der Waals surface area contributed by atoms with E-state index in [1.807, 2.05) is 41.1 Å². The molecule has 1 fully saturated rings. The lowest BCUT2D eigenvalue weighted by molar-refractivity contribution is -0.169. The highest BCUT2D eigenvalue weighted by Crippen LogP contribution is 2.42. The van der Waals surface area contributed by atoms with Crippen LogP contribution < -0.4 is 20.3 Å². The van der Waals surface area contributed by atoms with Crippen LogP contribution in [0.2, 0.25) is 23.2 Å². The summed E-state index contributed by atoms with van der Waals surface area (Å²) >= 11 is 9.48. The molecule has 0 bridgehead atoms. The van der Waals surface area contributed by atoms with E-state index in [1.54, 1.807) is 31.4 Å². The van der Waals surface area contributed by atoms with Crippen LogP contribution in [-0.4, -0.2) is 80.4 Å². The molecule has 1 aliphatic rings. The van der Waals surface area contributed by atoms with Crippen molar-refractivity contribution in [2.45, 2.75) is 101 Å². The molecule has 60 heavy (non-hydrogen) atoms. The van der Waals surface area contributed by atoms with Crippen molar-refractivity contribution < 1.29 is 33.6 Å². The standard InChI is InChI=1S/C45H58ClN3O8S2Si/c1-44(2,3)60(6,7)57-38(32-17-19-35(50)42-33(32)18-20-41(51)48-42)28-47-27-29-25-34(46)37(26-36(29)54-5)55-22-10-21-49(4)30-13-15-31(16-14-30)56-43(52)45(53,39-11-8-23-58-39)40-12-9-24-59-40/h8-9,11-12,17-20,23-26,30-31,38,47,50,53H,10,13-16,21-22,27-28H2,1-7H3,(H,48,51)/t30?,31?,38-/m1/s1. The Hall–Kier alpha value is -3.73. The average Bonchev–Trinajstić information content (AvgIpc) is 3.96. The SMILES string of the molecule is COc1cc(OCCCN(C)C2CCC(OC(=O)C(O)(c3cccs3)c3cccs3)CC2)c(Cl)cc1CNC[C@@H](O[Si](C)(C)C(C)(C)C)c1ccc(O)c2[nH]c(=O)ccc12. The number of carbonyl (C=O) groups excluding carboxylic acids is 1. The van der Waals surface area contributed by atoms with Crippen LogP contribution in [0, 0.1) is 0 Å². The largest absolute Gasteiger partial charge is 0.506 e. The minimum Gasteiger partial charge on any atom is -0.506 e. The monoisotopic (exact) mass is 895 g/mol. The maximum atomic E-state index is 13.4. The van der Waals surface area contributed by atoms with E-state index < -0.39 is 19.9 Å². The zero-order chi connectivity index (χ0) is 43.2. The summed E-state index contributed by atoms with van der Waals surface area (Å²) < 4.78 is 24.9. The van der Waals surface area contributed by atoms with Crippen LogP contribution in [0.5, 0.6) is 17.2 Å². The number of benzene rings is 2. The van der Waals surface area contributed by atoms with Gasteiger partial charge in [0.05, 0.1) is 40.1 Å². The fraction of sp³-hybridized carbons (Fsp3) is 0.467. The number of halogens is 1. The van der Waals surface area contributed by atoms with Gasteiger partial charge in [-0.1, -0.05) is 50.6 Å². The van der Waals surface area contributed by atoms with Gasteiger partial charge in [0, 0.05) is 48.8 Å². The normalized spacial score (nSPS) is 16.9. The highest BCUT2D eigenvalue weighted by atomic mass is 35.5. The van der Waals surface area contributed by atoms with Crippen molar-refractivity contribution in [2.75, 3.05) is 33.9 Å². The first-order chi connectivity index (χ1) is 28.5. The number of nitrogens with one attached hydrogen (secondary N) is 2. The van der Waals surface area contributed by atoms with Crippen molar-refractivity contribution in [1.82, 2.24) is 15.2 Å². The molecular weight excluding hydrogens is 838 g/mol. The number of esters is 1. The molecule has 324 valence electrons. The number of aliphatic hydroxyl groups is 1. The minimum absolute atomic E-state index is 0.00875. The summed E-state index contributed by atoms with van der Waals surface area (Å²) in [7, 11) is 1.49. The topological polar surface area (TPSA) is 143 Å². The van der Waals surface area contributed by atoms with E-state index in [4.69, 9.17) is 30.2 Å². The second-order valence-corrected chi connectivity index (χ2v) is 24.1. The summed E-state index contributed by atoms with van der Waals surface area (Å²) in [6.45, 7) is 13.2. The molecule has 0 saturated heterocycles. The minimum atomic E-state index is -2.25. The number of aromatic nitrogens is 1. The van der Waals surface area contributed by atoms with Crippen molar-refractivity contribution in [3.8, 4) is 17.2 Å². The van der Waals surface area contributed by atoms with E-state index in [1.165, 1.54) is 28.7 Å². The molecule has 1 atom stereocenters. The zero-order valence-electron chi connectivity index (χ0n) is 35.5. The number of fused-ring (bicyclic) bond motifs is 1. The van der Waals surface area contributed by atoms with Crippen molar-refractivity contribution >= 4 is 59.5 Å². The van der Waals surface area contributed by atoms with Gasteiger partial charge in [-0.2, -0.15) is 0 Å². The molecule has 2 aromatic carbocycles. The molecule has 3 aromatic heterocycles. The van der Waals surface area contributed by atoms with Gasteiger partial charge >= 0.3 is 5.97 Å². The molecule has 5 aromatic rings. The molecule has 0 amide bonds. The van der Waals surface area contributed by atoms with Crippen LogP contribution in [0.25, 0.3) is 10.9 Å². The Labute approximate surface area is 366 Å². The summed E-state index contributed by atoms with van der Waals surface area (Å²) in [6, 6.07) is 17.9. The van der Waals surface area contributed by atoms with Crippen LogP contribution in [0.4, 0.5) is 0 Å². The van der Waals surface area contributed by atoms with E-state index in [0.29, 0.717) is 57.5 Å². The van der Waals surface area contributed by atoms with Gasteiger partial charge in [0.15, 0.2) is 8.32 Å². The Morgan fingerprint density at radius 3 is 2.32 bits per heavy atom. The number of phenolic OH excluding ortho intramolecular Hbond substituents is 1. The first kappa shape index (κ1) is 45.8. The lowest BCUT2D eigenvalue weighted by Crippen LogP contribution is -2.43. The fourth-order valence-corrected chi connectivity index (χ4v) is 10.7. The number of methoxy groups -OCH3 is 1. The third-order valence-electron chi connectivity index (χ3n) is 12.0. The van der Waals surface area contributed by atoms with Crippen LogP contribution in [0.1, 0.15) is 79.9 Å². The molecule has 3 heterocycles. The molecule has 6 rings (SSSR count). The van der Waals surface area contributed by atoms with Crippen LogP contribution in [0.15, 0.2) is 76.2 Å². The molecule has 1 aliphatic carbocycles. The molecule has 11 nitrogen and oxygen atoms in total. The number of phenols is 1. The van der Waals surface area contributed by atoms with E-state index in [2.05, 4.69) is 56.1 Å². The second-order valence-electron chi connectivity index (χ2n) is 17.1. The second kappa shape index (κ2) is 19.5. The van der Waals surface area contributed by atoms with Crippen molar-refractivity contribution in [3.63, 3.8) is 0 Å². The number of ether oxygens (including phenoxy) is 3. The maximum Gasteiger partial charge on any atom is 0.349 e. The van der Waals surface area contributed by atoms with E-state index >= 15 is 0 Å². The number of aromatic amines is 1. The number of hydrogen-bond donors (Lipinski definition) is 4. The molecule has 0 radical (unpaired) electrons. The summed E-state index contributed by atoms with van der Waals surface area (Å²) in [4.78, 5) is 31.8. The summed E-state index contributed by atoms with van der Waals surface area (Å²) in [5.41, 5.74) is 0.0476. The Kier molecular flexibility index (Phi) is 14.9. The van der Waals surface area contributed by atoms with Gasteiger partial charge in [0.2, 0.25) is 11.2 Å². The highest BCUT2D eigenvalue weighted by Gasteiger charge is 2.45. The van der Waals surface area contributed by atoms with E-state index in [9.17, 15) is 19.8 Å². The summed E-state index contributed by atoms with van der Waals surface area (Å²) in [5, 5.41) is 30.6. The lowest BCUT2D eigenvalue weighted by Gasteiger charge is -2.39. The molecule has 0 spiro atoms. The first-order valence-electron chi connectivity index (χ1n) is 20.5. The number of thiophene rings is 2. The number of aromatic hydroxyl groups is 1. The predicted octanol–water partition coefficient (Wildman–Crippen LogP) is 9.36. The Balaban J connectivity index is 1.00. The van der Waals surface area contributed by atoms with E-state index in [0.717, 1.165) is 55.2 Å². The van der Waals surface area contributed by atoms with Gasteiger partial charge in [-0.3, -0.25) is 4.79 Å². The van der Waals surface area contributed by atoms with Gasteiger partial charge in [0.25, 0.3) is 0 Å². The summed E-state index contributed by atoms with van der Waals surface area (Å²) in [5.74, 6) is 0.599. The van der Waals surface area contributed by atoms with Crippen LogP contribution in [-0.2, 0) is 26.1 Å². The maximum absolute atomic E-state index is 13.4. The van der Waals surface area contributed by atoms with Crippen molar-refractivity contribution in [3.05, 3.63) is 108 Å². The van der Waals surface area contributed by atoms with Gasteiger partial charge in [-0.25, -0.2) is 4.79 Å². The first-order valence-corrected chi connectivity index (χ1v) is 25.5. The quantitative estimate of drug-likeness (QED) is 0.0382. The van der Waals surface area contributed by atoms with Crippen LogP contribution in [0.3, 0.4) is 0 Å². The molecule has 4 N–H and O–H groups in total. The number of H-pyrrole nitrogens is 1. The third-order valence-corrected chi connectivity index (χ3v) is 18.7. The van der Waals surface area contributed by atoms with E-state index in [-0.39, 0.29) is 28.6 Å². The van der Waals surface area contributed by atoms with Crippen molar-refractivity contribution in [2.24, 2.45) is 0 Å². The van der Waals surface area contributed by atoms with Gasteiger partial charge in [-0.15, -0.1) is 22.7 Å². The van der Waals surface area contributed by atoms with Crippen molar-refractivity contribution in [1.29, 1.82) is 0 Å². The molecule has 0 aliphatic heterocycles. The predicted molar refractivity (Wildman–Crippen MR) is 243 cm³/mol. The fourth-order valence-electron chi connectivity index (χ4n) is 7.45. The smallest absolute Gasteiger partial charge is 0.349 e. The highest BCUT2D eigenvalue weighted by molar-refractivity contribution is 7.12. The number of hydrogen-bond acceptors (Lipinski definition) is 12. The lowest BCUT2D eigenvalue weighted by atomic mass is 9.91. The Bertz CT molecular complexity index is 2220. The Morgan fingerprint density at radius 2 is 1.70 bits per heavy atom. The van der Waals surface area contributed by atoms with Gasteiger partial charge in [0.1, 0.15) is 23.4 Å². The average molecular weight is 897 g/mol. The van der Waals surface area contributed by atoms with Gasteiger partial charge in [-0.05, 0) is 104 Å². The zero-order valence-corrected chi connectivity index (χ0v) is 38.9.